The number of amides is 2. The molecule has 0 saturated heterocycles. The Hall–Kier alpha value is -2.20. The lowest BCUT2D eigenvalue weighted by Crippen LogP contribution is -2.30. The topological polar surface area (TPSA) is 37.4 Å². The van der Waals surface area contributed by atoms with Crippen molar-refractivity contribution in [3.63, 3.8) is 0 Å². The zero-order valence-corrected chi connectivity index (χ0v) is 18.4. The molecule has 0 saturated carbocycles. The maximum Gasteiger partial charge on any atom is 0.261 e. The average Bonchev–Trinajstić information content (AvgIpc) is 2.98. The Morgan fingerprint density at radius 1 is 0.724 bits per heavy atom. The summed E-state index contributed by atoms with van der Waals surface area (Å²) in [6.45, 7) is 2.91. The lowest BCUT2D eigenvalue weighted by Gasteiger charge is -2.13. The van der Waals surface area contributed by atoms with Crippen molar-refractivity contribution in [3.05, 3.63) is 65.7 Å². The first-order valence-electron chi connectivity index (χ1n) is 10.9. The van der Waals surface area contributed by atoms with Crippen LogP contribution in [-0.4, -0.2) is 32.8 Å². The lowest BCUT2D eigenvalue weighted by atomic mass is 10.1. The molecule has 1 atom stereocenters. The van der Waals surface area contributed by atoms with Crippen LogP contribution < -0.4 is 5.19 Å². The van der Waals surface area contributed by atoms with Gasteiger partial charge < -0.3 is 0 Å². The number of benzene rings is 2. The zero-order valence-electron chi connectivity index (χ0n) is 17.4. The fraction of sp³-hybridized carbons (Fsp3) is 0.440. The highest BCUT2D eigenvalue weighted by Crippen LogP contribution is 2.23. The minimum Gasteiger partial charge on any atom is -0.274 e. The van der Waals surface area contributed by atoms with Crippen molar-refractivity contribution in [1.29, 1.82) is 0 Å². The molecule has 4 heteroatoms. The number of hydrogen-bond donors (Lipinski definition) is 0. The maximum absolute atomic E-state index is 12.3. The predicted molar refractivity (Wildman–Crippen MR) is 120 cm³/mol. The smallest absolute Gasteiger partial charge is 0.261 e. The predicted octanol–water partition coefficient (Wildman–Crippen LogP) is 5.24. The molecule has 2 amide bonds. The van der Waals surface area contributed by atoms with E-state index in [4.69, 9.17) is 0 Å². The zero-order chi connectivity index (χ0) is 20.5. The molecule has 1 aliphatic heterocycles. The van der Waals surface area contributed by atoms with Crippen LogP contribution in [0.15, 0.2) is 54.6 Å². The minimum absolute atomic E-state index is 0.129. The highest BCUT2D eigenvalue weighted by Gasteiger charge is 2.34. The van der Waals surface area contributed by atoms with E-state index in [-0.39, 0.29) is 11.8 Å². The van der Waals surface area contributed by atoms with Crippen LogP contribution in [0.5, 0.6) is 0 Å². The number of imide groups is 1. The molecule has 3 nitrogen and oxygen atoms in total. The molecule has 0 aromatic heterocycles. The Balaban J connectivity index is 1.21. The molecule has 2 aromatic carbocycles. The largest absolute Gasteiger partial charge is 0.274 e. The van der Waals surface area contributed by atoms with Crippen molar-refractivity contribution in [1.82, 2.24) is 4.90 Å². The molecule has 152 valence electrons. The Kier molecular flexibility index (Phi) is 8.23. The third-order valence-electron chi connectivity index (χ3n) is 5.58. The van der Waals surface area contributed by atoms with E-state index in [0.717, 1.165) is 27.9 Å². The van der Waals surface area contributed by atoms with Gasteiger partial charge in [0.05, 0.1) is 20.6 Å². The van der Waals surface area contributed by atoms with E-state index in [1.54, 1.807) is 12.1 Å². The summed E-state index contributed by atoms with van der Waals surface area (Å²) in [5.41, 5.74) is 1.89. The third kappa shape index (κ3) is 6.14. The molecule has 0 fully saturated rings. The van der Waals surface area contributed by atoms with Gasteiger partial charge in [0.15, 0.2) is 0 Å². The highest BCUT2D eigenvalue weighted by atomic mass is 28.2. The van der Waals surface area contributed by atoms with Gasteiger partial charge in [0.1, 0.15) is 0 Å². The van der Waals surface area contributed by atoms with E-state index in [1.807, 2.05) is 12.1 Å². The highest BCUT2D eigenvalue weighted by molar-refractivity contribution is 6.54. The molecular formula is C25H31NO2Si. The summed E-state index contributed by atoms with van der Waals surface area (Å²) in [6.07, 6.45) is 9.64. The van der Waals surface area contributed by atoms with Crippen molar-refractivity contribution >= 4 is 26.5 Å². The summed E-state index contributed by atoms with van der Waals surface area (Å²) in [6, 6.07) is 17.9. The van der Waals surface area contributed by atoms with Gasteiger partial charge in [-0.3, -0.25) is 14.5 Å². The van der Waals surface area contributed by atoms with E-state index in [9.17, 15) is 9.59 Å². The normalized spacial score (nSPS) is 14.3. The van der Waals surface area contributed by atoms with Gasteiger partial charge in [0.2, 0.25) is 0 Å². The van der Waals surface area contributed by atoms with E-state index >= 15 is 0 Å². The maximum atomic E-state index is 12.3. The average molecular weight is 406 g/mol. The van der Waals surface area contributed by atoms with Crippen molar-refractivity contribution in [3.8, 4) is 0 Å². The van der Waals surface area contributed by atoms with E-state index in [0.29, 0.717) is 17.7 Å². The molecule has 0 aliphatic carbocycles. The van der Waals surface area contributed by atoms with Gasteiger partial charge in [0.25, 0.3) is 11.8 Å². The SMILES string of the molecule is C[C@@H](CCCCCCCCCN1C(=O)c2ccccc2C1=O)[Si]c1ccccc1. The van der Waals surface area contributed by atoms with E-state index < -0.39 is 0 Å². The number of carbonyl (C=O) groups excluding carboxylic acids is 2. The van der Waals surface area contributed by atoms with Crippen LogP contribution in [0, 0.1) is 0 Å². The molecule has 0 unspecified atom stereocenters. The van der Waals surface area contributed by atoms with Gasteiger partial charge in [0, 0.05) is 6.54 Å². The van der Waals surface area contributed by atoms with Crippen LogP contribution in [0.3, 0.4) is 0 Å². The number of unbranched alkanes of at least 4 members (excludes halogenated alkanes) is 6. The number of carbonyl (C=O) groups is 2. The Morgan fingerprint density at radius 2 is 1.24 bits per heavy atom. The van der Waals surface area contributed by atoms with Crippen molar-refractivity contribution < 1.29 is 9.59 Å². The Morgan fingerprint density at radius 3 is 1.86 bits per heavy atom. The molecule has 1 aliphatic rings. The quantitative estimate of drug-likeness (QED) is 0.275. The van der Waals surface area contributed by atoms with E-state index in [2.05, 4.69) is 37.3 Å². The first kappa shape index (κ1) is 21.5. The monoisotopic (exact) mass is 405 g/mol. The lowest BCUT2D eigenvalue weighted by molar-refractivity contribution is 0.0651. The second kappa shape index (κ2) is 11.1. The van der Waals surface area contributed by atoms with Gasteiger partial charge in [-0.2, -0.15) is 0 Å². The van der Waals surface area contributed by atoms with Gasteiger partial charge in [-0.05, 0) is 24.1 Å². The Labute approximate surface area is 177 Å². The summed E-state index contributed by atoms with van der Waals surface area (Å²) < 4.78 is 0. The molecular weight excluding hydrogens is 374 g/mol. The molecule has 1 heterocycles. The van der Waals surface area contributed by atoms with Crippen LogP contribution in [0.1, 0.15) is 79.0 Å². The summed E-state index contributed by atoms with van der Waals surface area (Å²) in [5.74, 6) is -0.258. The molecule has 0 N–H and O–H groups in total. The first-order chi connectivity index (χ1) is 14.2. The summed E-state index contributed by atoms with van der Waals surface area (Å²) in [7, 11) is 0.917. The Bertz CT molecular complexity index is 770. The van der Waals surface area contributed by atoms with Crippen LogP contribution in [-0.2, 0) is 0 Å². The molecule has 3 rings (SSSR count). The minimum atomic E-state index is -0.129. The summed E-state index contributed by atoms with van der Waals surface area (Å²) >= 11 is 0. The summed E-state index contributed by atoms with van der Waals surface area (Å²) in [4.78, 5) is 26.1. The fourth-order valence-corrected chi connectivity index (χ4v) is 5.24. The number of rotatable bonds is 12. The number of nitrogens with zero attached hydrogens (tertiary/aromatic N) is 1. The summed E-state index contributed by atoms with van der Waals surface area (Å²) in [5, 5.41) is 1.47. The van der Waals surface area contributed by atoms with E-state index in [1.165, 1.54) is 48.6 Å². The molecule has 2 aromatic rings. The van der Waals surface area contributed by atoms with Crippen molar-refractivity contribution in [2.75, 3.05) is 6.54 Å². The van der Waals surface area contributed by atoms with Crippen molar-refractivity contribution in [2.45, 2.75) is 63.8 Å². The van der Waals surface area contributed by atoms with Gasteiger partial charge in [-0.25, -0.2) is 0 Å². The third-order valence-corrected chi connectivity index (χ3v) is 7.03. The second-order valence-electron chi connectivity index (χ2n) is 7.98. The van der Waals surface area contributed by atoms with Crippen LogP contribution in [0.2, 0.25) is 5.54 Å². The van der Waals surface area contributed by atoms with Crippen LogP contribution in [0.25, 0.3) is 0 Å². The van der Waals surface area contributed by atoms with Gasteiger partial charge >= 0.3 is 0 Å². The molecule has 0 spiro atoms. The first-order valence-corrected chi connectivity index (χ1v) is 12.0. The number of fused-ring (bicyclic) bond motifs is 1. The molecule has 2 radical (unpaired) electrons. The van der Waals surface area contributed by atoms with Crippen LogP contribution >= 0.6 is 0 Å². The van der Waals surface area contributed by atoms with Crippen LogP contribution in [0.4, 0.5) is 0 Å². The van der Waals surface area contributed by atoms with Gasteiger partial charge in [-0.15, -0.1) is 0 Å². The molecule has 0 bridgehead atoms. The standard InChI is InChI=1S/C25H31NO2Si/c1-20(29-21-15-9-7-10-16-21)14-8-5-3-2-4-6-13-19-26-24(27)22-17-11-12-18-23(22)25(26)28/h7,9-12,15-18,20H,2-6,8,13-14,19H2,1H3/t20-/m0/s1. The van der Waals surface area contributed by atoms with Gasteiger partial charge in [-0.1, -0.05) is 99.5 Å². The molecule has 29 heavy (non-hydrogen) atoms. The number of hydrogen-bond acceptors (Lipinski definition) is 2. The fourth-order valence-electron chi connectivity index (χ4n) is 3.94. The second-order valence-corrected chi connectivity index (χ2v) is 9.83. The van der Waals surface area contributed by atoms with Crippen molar-refractivity contribution in [2.24, 2.45) is 0 Å².